The van der Waals surface area contributed by atoms with Gasteiger partial charge in [0.1, 0.15) is 0 Å². The lowest BCUT2D eigenvalue weighted by Gasteiger charge is -2.18. The molecule has 0 saturated carbocycles. The summed E-state index contributed by atoms with van der Waals surface area (Å²) in [5, 5.41) is 18.5. The van der Waals surface area contributed by atoms with E-state index in [0.29, 0.717) is 5.92 Å². The van der Waals surface area contributed by atoms with E-state index in [1.54, 1.807) is 0 Å². The third kappa shape index (κ3) is 4.08. The van der Waals surface area contributed by atoms with Gasteiger partial charge in [0.05, 0.1) is 17.5 Å². The molecule has 1 N–H and O–H groups in total. The Morgan fingerprint density at radius 2 is 2.00 bits per heavy atom. The molecule has 0 radical (unpaired) electrons. The van der Waals surface area contributed by atoms with Crippen molar-refractivity contribution in [2.45, 2.75) is 59.5 Å². The summed E-state index contributed by atoms with van der Waals surface area (Å²) in [5.74, 6) is 0.549. The van der Waals surface area contributed by atoms with Crippen molar-refractivity contribution >= 4 is 0 Å². The van der Waals surface area contributed by atoms with Crippen LogP contribution in [0.15, 0.2) is 6.07 Å². The van der Waals surface area contributed by atoms with E-state index in [2.05, 4.69) is 24.0 Å². The lowest BCUT2D eigenvalue weighted by molar-refractivity contribution is 0.143. The van der Waals surface area contributed by atoms with Crippen molar-refractivity contribution in [3.63, 3.8) is 0 Å². The zero-order valence-corrected chi connectivity index (χ0v) is 11.4. The maximum absolute atomic E-state index is 10.3. The highest BCUT2D eigenvalue weighted by atomic mass is 16.3. The third-order valence-electron chi connectivity index (χ3n) is 3.13. The summed E-state index contributed by atoms with van der Waals surface area (Å²) >= 11 is 0. The molecular weight excluding hydrogens is 212 g/mol. The molecule has 96 valence electrons. The van der Waals surface area contributed by atoms with Crippen LogP contribution < -0.4 is 0 Å². The highest BCUT2D eigenvalue weighted by Gasteiger charge is 2.16. The van der Waals surface area contributed by atoms with Gasteiger partial charge in [0.15, 0.2) is 0 Å². The van der Waals surface area contributed by atoms with Crippen molar-refractivity contribution in [3.05, 3.63) is 23.0 Å². The van der Waals surface area contributed by atoms with E-state index in [-0.39, 0.29) is 0 Å². The monoisotopic (exact) mass is 236 g/mol. The number of aliphatic hydroxyl groups excluding tert-OH is 1. The first-order chi connectivity index (χ1) is 8.08. The van der Waals surface area contributed by atoms with Crippen LogP contribution in [-0.2, 0) is 6.42 Å². The quantitative estimate of drug-likeness (QED) is 0.825. The number of hydrogen-bond acceptors (Lipinski definition) is 3. The van der Waals surface area contributed by atoms with E-state index in [4.69, 9.17) is 0 Å². The van der Waals surface area contributed by atoms with Crippen LogP contribution in [0.2, 0.25) is 0 Å². The Kier molecular flexibility index (Phi) is 5.56. The van der Waals surface area contributed by atoms with E-state index in [9.17, 15) is 5.11 Å². The van der Waals surface area contributed by atoms with Crippen LogP contribution in [-0.4, -0.2) is 15.3 Å². The average molecular weight is 236 g/mol. The van der Waals surface area contributed by atoms with Crippen molar-refractivity contribution in [3.8, 4) is 0 Å². The summed E-state index contributed by atoms with van der Waals surface area (Å²) in [6.07, 6.45) is 3.56. The standard InChI is InChI=1S/C14H24N2O/c1-5-7-10(3)8-14(17)12-9-11(4)15-16-13(12)6-2/h9-10,14,17H,5-8H2,1-4H3. The van der Waals surface area contributed by atoms with Gasteiger partial charge >= 0.3 is 0 Å². The van der Waals surface area contributed by atoms with Crippen LogP contribution in [0.5, 0.6) is 0 Å². The molecule has 2 atom stereocenters. The molecule has 0 spiro atoms. The predicted octanol–water partition coefficient (Wildman–Crippen LogP) is 3.21. The Morgan fingerprint density at radius 1 is 1.29 bits per heavy atom. The zero-order chi connectivity index (χ0) is 12.8. The minimum Gasteiger partial charge on any atom is -0.388 e. The second kappa shape index (κ2) is 6.70. The van der Waals surface area contributed by atoms with Gasteiger partial charge in [-0.15, -0.1) is 0 Å². The predicted molar refractivity (Wildman–Crippen MR) is 69.8 cm³/mol. The maximum Gasteiger partial charge on any atom is 0.0811 e. The van der Waals surface area contributed by atoms with Crippen LogP contribution in [0.4, 0.5) is 0 Å². The second-order valence-corrected chi connectivity index (χ2v) is 4.89. The fourth-order valence-corrected chi connectivity index (χ4v) is 2.22. The first-order valence-electron chi connectivity index (χ1n) is 6.59. The van der Waals surface area contributed by atoms with E-state index in [0.717, 1.165) is 36.2 Å². The summed E-state index contributed by atoms with van der Waals surface area (Å²) in [6, 6.07) is 1.97. The molecule has 1 rings (SSSR count). The molecule has 1 aromatic heterocycles. The van der Waals surface area contributed by atoms with Crippen molar-refractivity contribution in [2.24, 2.45) is 5.92 Å². The van der Waals surface area contributed by atoms with E-state index in [1.807, 2.05) is 19.9 Å². The minimum absolute atomic E-state index is 0.402. The Balaban J connectivity index is 2.79. The number of aliphatic hydroxyl groups is 1. The highest BCUT2D eigenvalue weighted by Crippen LogP contribution is 2.25. The van der Waals surface area contributed by atoms with Crippen LogP contribution in [0.1, 0.15) is 63.1 Å². The maximum atomic E-state index is 10.3. The summed E-state index contributed by atoms with van der Waals surface area (Å²) in [5.41, 5.74) is 2.76. The highest BCUT2D eigenvalue weighted by molar-refractivity contribution is 5.23. The summed E-state index contributed by atoms with van der Waals surface area (Å²) in [6.45, 7) is 8.33. The molecule has 1 aromatic rings. The molecule has 3 heteroatoms. The zero-order valence-electron chi connectivity index (χ0n) is 11.4. The first kappa shape index (κ1) is 14.1. The number of hydrogen-bond donors (Lipinski definition) is 1. The van der Waals surface area contributed by atoms with Crippen LogP contribution in [0.3, 0.4) is 0 Å². The smallest absolute Gasteiger partial charge is 0.0811 e. The average Bonchev–Trinajstić information content (AvgIpc) is 2.29. The van der Waals surface area contributed by atoms with Gasteiger partial charge in [0.25, 0.3) is 0 Å². The van der Waals surface area contributed by atoms with Gasteiger partial charge in [-0.3, -0.25) is 0 Å². The molecule has 0 aliphatic carbocycles. The van der Waals surface area contributed by atoms with Crippen molar-refractivity contribution in [1.29, 1.82) is 0 Å². The topological polar surface area (TPSA) is 46.0 Å². The molecule has 2 unspecified atom stereocenters. The van der Waals surface area contributed by atoms with Gasteiger partial charge in [0.2, 0.25) is 0 Å². The third-order valence-corrected chi connectivity index (χ3v) is 3.13. The minimum atomic E-state index is -0.402. The fourth-order valence-electron chi connectivity index (χ4n) is 2.22. The fraction of sp³-hybridized carbons (Fsp3) is 0.714. The molecule has 0 saturated heterocycles. The normalized spacial score (nSPS) is 14.6. The number of rotatable bonds is 6. The van der Waals surface area contributed by atoms with Gasteiger partial charge in [-0.1, -0.05) is 33.6 Å². The Morgan fingerprint density at radius 3 is 2.59 bits per heavy atom. The van der Waals surface area contributed by atoms with Crippen molar-refractivity contribution < 1.29 is 5.11 Å². The molecule has 0 aliphatic rings. The van der Waals surface area contributed by atoms with Crippen LogP contribution >= 0.6 is 0 Å². The van der Waals surface area contributed by atoms with Crippen molar-refractivity contribution in [2.75, 3.05) is 0 Å². The van der Waals surface area contributed by atoms with Crippen LogP contribution in [0, 0.1) is 12.8 Å². The van der Waals surface area contributed by atoms with E-state index >= 15 is 0 Å². The van der Waals surface area contributed by atoms with E-state index < -0.39 is 6.10 Å². The Hall–Kier alpha value is -0.960. The molecule has 0 fully saturated rings. The summed E-state index contributed by atoms with van der Waals surface area (Å²) < 4.78 is 0. The Labute approximate surface area is 104 Å². The molecule has 17 heavy (non-hydrogen) atoms. The molecule has 0 amide bonds. The van der Waals surface area contributed by atoms with Gasteiger partial charge in [-0.2, -0.15) is 10.2 Å². The first-order valence-corrected chi connectivity index (χ1v) is 6.59. The molecular formula is C14H24N2O. The van der Waals surface area contributed by atoms with Crippen LogP contribution in [0.25, 0.3) is 0 Å². The molecule has 0 bridgehead atoms. The molecule has 3 nitrogen and oxygen atoms in total. The Bertz CT molecular complexity index is 352. The van der Waals surface area contributed by atoms with E-state index in [1.165, 1.54) is 6.42 Å². The second-order valence-electron chi connectivity index (χ2n) is 4.89. The number of aryl methyl sites for hydroxylation is 2. The van der Waals surface area contributed by atoms with Gasteiger partial charge in [0, 0.05) is 5.56 Å². The lowest BCUT2D eigenvalue weighted by Crippen LogP contribution is -2.09. The number of aromatic nitrogens is 2. The van der Waals surface area contributed by atoms with Gasteiger partial charge < -0.3 is 5.11 Å². The molecule has 0 aliphatic heterocycles. The van der Waals surface area contributed by atoms with Gasteiger partial charge in [-0.05, 0) is 31.7 Å². The number of nitrogens with zero attached hydrogens (tertiary/aromatic N) is 2. The van der Waals surface area contributed by atoms with Gasteiger partial charge in [-0.25, -0.2) is 0 Å². The molecule has 0 aromatic carbocycles. The largest absolute Gasteiger partial charge is 0.388 e. The van der Waals surface area contributed by atoms with Crippen molar-refractivity contribution in [1.82, 2.24) is 10.2 Å². The molecule has 1 heterocycles. The summed E-state index contributed by atoms with van der Waals surface area (Å²) in [4.78, 5) is 0. The lowest BCUT2D eigenvalue weighted by atomic mass is 9.93. The summed E-state index contributed by atoms with van der Waals surface area (Å²) in [7, 11) is 0. The SMILES string of the molecule is CCCC(C)CC(O)c1cc(C)nnc1CC.